The summed E-state index contributed by atoms with van der Waals surface area (Å²) >= 11 is 5.15. The molecule has 1 amide bonds. The third-order valence-electron chi connectivity index (χ3n) is 2.47. The maximum Gasteiger partial charge on any atom is 0.223 e. The van der Waals surface area contributed by atoms with Gasteiger partial charge < -0.3 is 10.6 Å². The summed E-state index contributed by atoms with van der Waals surface area (Å²) in [5.41, 5.74) is 0. The lowest BCUT2D eigenvalue weighted by Crippen LogP contribution is -2.32. The molecular weight excluding hydrogens is 288 g/mol. The van der Waals surface area contributed by atoms with Crippen molar-refractivity contribution in [2.24, 2.45) is 5.92 Å². The van der Waals surface area contributed by atoms with E-state index in [4.69, 9.17) is 0 Å². The largest absolute Gasteiger partial charge is 0.355 e. The molecule has 0 bridgehead atoms. The molecule has 1 heterocycles. The van der Waals surface area contributed by atoms with Crippen LogP contribution in [-0.2, 0) is 11.3 Å². The first-order chi connectivity index (χ1) is 7.75. The van der Waals surface area contributed by atoms with Gasteiger partial charge in [-0.25, -0.2) is 0 Å². The summed E-state index contributed by atoms with van der Waals surface area (Å²) in [6, 6.07) is 2.11. The molecule has 1 aliphatic carbocycles. The highest BCUT2D eigenvalue weighted by atomic mass is 79.9. The summed E-state index contributed by atoms with van der Waals surface area (Å²) in [6.07, 6.45) is 2.14. The highest BCUT2D eigenvalue weighted by Crippen LogP contribution is 2.28. The van der Waals surface area contributed by atoms with E-state index in [0.717, 1.165) is 36.9 Å². The SMILES string of the molecule is O=C(NCCNCc1cc(Br)cs1)C1CC1. The van der Waals surface area contributed by atoms with E-state index in [9.17, 15) is 4.79 Å². The molecule has 0 aliphatic heterocycles. The van der Waals surface area contributed by atoms with Crippen molar-refractivity contribution in [3.05, 3.63) is 20.8 Å². The Labute approximate surface area is 108 Å². The third-order valence-corrected chi connectivity index (χ3v) is 4.17. The second-order valence-corrected chi connectivity index (χ2v) is 5.88. The Morgan fingerprint density at radius 2 is 2.31 bits per heavy atom. The van der Waals surface area contributed by atoms with Crippen molar-refractivity contribution in [3.63, 3.8) is 0 Å². The van der Waals surface area contributed by atoms with Crippen LogP contribution in [0, 0.1) is 5.92 Å². The van der Waals surface area contributed by atoms with Crippen LogP contribution in [0.15, 0.2) is 15.9 Å². The molecule has 0 spiro atoms. The van der Waals surface area contributed by atoms with E-state index in [1.165, 1.54) is 4.88 Å². The molecular formula is C11H15BrN2OS. The first-order valence-corrected chi connectivity index (χ1v) is 7.14. The lowest BCUT2D eigenvalue weighted by Gasteiger charge is -2.05. The Bertz CT molecular complexity index is 363. The van der Waals surface area contributed by atoms with E-state index in [2.05, 4.69) is 38.0 Å². The normalized spacial score (nSPS) is 15.1. The minimum atomic E-state index is 0.223. The van der Waals surface area contributed by atoms with Crippen LogP contribution in [0.4, 0.5) is 0 Å². The molecule has 0 aromatic carbocycles. The van der Waals surface area contributed by atoms with Crippen LogP contribution in [-0.4, -0.2) is 19.0 Å². The van der Waals surface area contributed by atoms with Gasteiger partial charge in [0.05, 0.1) is 0 Å². The minimum Gasteiger partial charge on any atom is -0.355 e. The molecule has 0 atom stereocenters. The number of thiophene rings is 1. The average Bonchev–Trinajstić information content (AvgIpc) is 3.03. The van der Waals surface area contributed by atoms with E-state index in [1.54, 1.807) is 11.3 Å². The van der Waals surface area contributed by atoms with Crippen LogP contribution in [0.25, 0.3) is 0 Å². The monoisotopic (exact) mass is 302 g/mol. The van der Waals surface area contributed by atoms with Crippen molar-refractivity contribution in [1.82, 2.24) is 10.6 Å². The van der Waals surface area contributed by atoms with Gasteiger partial charge in [-0.15, -0.1) is 11.3 Å². The van der Waals surface area contributed by atoms with E-state index in [0.29, 0.717) is 5.92 Å². The standard InChI is InChI=1S/C11H15BrN2OS/c12-9-5-10(16-7-9)6-13-3-4-14-11(15)8-1-2-8/h5,7-8,13H,1-4,6H2,(H,14,15). The van der Waals surface area contributed by atoms with Gasteiger partial charge in [0.1, 0.15) is 0 Å². The van der Waals surface area contributed by atoms with Crippen LogP contribution in [0.1, 0.15) is 17.7 Å². The molecule has 1 saturated carbocycles. The number of hydrogen-bond donors (Lipinski definition) is 2. The van der Waals surface area contributed by atoms with Crippen molar-refractivity contribution < 1.29 is 4.79 Å². The third kappa shape index (κ3) is 3.88. The molecule has 0 saturated heterocycles. The first kappa shape index (κ1) is 12.1. The van der Waals surface area contributed by atoms with E-state index in [1.807, 2.05) is 0 Å². The minimum absolute atomic E-state index is 0.223. The summed E-state index contributed by atoms with van der Waals surface area (Å²) in [7, 11) is 0. The highest BCUT2D eigenvalue weighted by molar-refractivity contribution is 9.10. The lowest BCUT2D eigenvalue weighted by molar-refractivity contribution is -0.122. The van der Waals surface area contributed by atoms with Gasteiger partial charge in [0.2, 0.25) is 5.91 Å². The summed E-state index contributed by atoms with van der Waals surface area (Å²) in [5.74, 6) is 0.536. The van der Waals surface area contributed by atoms with Gasteiger partial charge in [-0.3, -0.25) is 4.79 Å². The number of nitrogens with one attached hydrogen (secondary N) is 2. The Hall–Kier alpha value is -0.390. The van der Waals surface area contributed by atoms with E-state index >= 15 is 0 Å². The number of carbonyl (C=O) groups excluding carboxylic acids is 1. The summed E-state index contributed by atoms with van der Waals surface area (Å²) < 4.78 is 1.14. The number of carbonyl (C=O) groups is 1. The Morgan fingerprint density at radius 3 is 2.94 bits per heavy atom. The van der Waals surface area contributed by atoms with E-state index in [-0.39, 0.29) is 5.91 Å². The molecule has 88 valence electrons. The number of rotatable bonds is 6. The van der Waals surface area contributed by atoms with Gasteiger partial charge in [0.15, 0.2) is 0 Å². The molecule has 1 aliphatic rings. The number of hydrogen-bond acceptors (Lipinski definition) is 3. The molecule has 1 fully saturated rings. The van der Waals surface area contributed by atoms with Gasteiger partial charge in [0.25, 0.3) is 0 Å². The molecule has 0 unspecified atom stereocenters. The van der Waals surface area contributed by atoms with Crippen molar-refractivity contribution in [2.75, 3.05) is 13.1 Å². The fourth-order valence-electron chi connectivity index (χ4n) is 1.42. The topological polar surface area (TPSA) is 41.1 Å². The van der Waals surface area contributed by atoms with Crippen LogP contribution in [0.5, 0.6) is 0 Å². The van der Waals surface area contributed by atoms with Crippen LogP contribution in [0.2, 0.25) is 0 Å². The van der Waals surface area contributed by atoms with Crippen molar-refractivity contribution in [2.45, 2.75) is 19.4 Å². The highest BCUT2D eigenvalue weighted by Gasteiger charge is 2.28. The second-order valence-electron chi connectivity index (χ2n) is 3.97. The van der Waals surface area contributed by atoms with Gasteiger partial charge in [-0.05, 0) is 34.8 Å². The van der Waals surface area contributed by atoms with Crippen molar-refractivity contribution in [1.29, 1.82) is 0 Å². The molecule has 0 radical (unpaired) electrons. The van der Waals surface area contributed by atoms with Crippen molar-refractivity contribution >= 4 is 33.2 Å². The number of amides is 1. The Balaban J connectivity index is 1.53. The zero-order valence-corrected chi connectivity index (χ0v) is 11.4. The fourth-order valence-corrected chi connectivity index (χ4v) is 2.84. The summed E-state index contributed by atoms with van der Waals surface area (Å²) in [5, 5.41) is 8.31. The molecule has 2 N–H and O–H groups in total. The Morgan fingerprint density at radius 1 is 1.50 bits per heavy atom. The predicted molar refractivity (Wildman–Crippen MR) is 69.5 cm³/mol. The van der Waals surface area contributed by atoms with Gasteiger partial charge in [-0.2, -0.15) is 0 Å². The van der Waals surface area contributed by atoms with Crippen LogP contribution < -0.4 is 10.6 Å². The fraction of sp³-hybridized carbons (Fsp3) is 0.545. The van der Waals surface area contributed by atoms with Crippen LogP contribution >= 0.6 is 27.3 Å². The molecule has 1 aromatic rings. The molecule has 2 rings (SSSR count). The smallest absolute Gasteiger partial charge is 0.223 e. The molecule has 3 nitrogen and oxygen atoms in total. The molecule has 5 heteroatoms. The first-order valence-electron chi connectivity index (χ1n) is 5.47. The second kappa shape index (κ2) is 5.80. The Kier molecular flexibility index (Phi) is 4.37. The predicted octanol–water partition coefficient (Wildman–Crippen LogP) is 2.13. The van der Waals surface area contributed by atoms with E-state index < -0.39 is 0 Å². The van der Waals surface area contributed by atoms with Gasteiger partial charge >= 0.3 is 0 Å². The van der Waals surface area contributed by atoms with Crippen LogP contribution in [0.3, 0.4) is 0 Å². The summed E-state index contributed by atoms with van der Waals surface area (Å²) in [4.78, 5) is 12.6. The summed E-state index contributed by atoms with van der Waals surface area (Å²) in [6.45, 7) is 2.42. The molecule has 1 aromatic heterocycles. The lowest BCUT2D eigenvalue weighted by atomic mass is 10.4. The average molecular weight is 303 g/mol. The van der Waals surface area contributed by atoms with Crippen molar-refractivity contribution in [3.8, 4) is 0 Å². The number of halogens is 1. The zero-order valence-electron chi connectivity index (χ0n) is 8.96. The molecule has 16 heavy (non-hydrogen) atoms. The van der Waals surface area contributed by atoms with Gasteiger partial charge in [0, 0.05) is 40.3 Å². The maximum absolute atomic E-state index is 11.3. The zero-order chi connectivity index (χ0) is 11.4. The quantitative estimate of drug-likeness (QED) is 0.791. The van der Waals surface area contributed by atoms with Gasteiger partial charge in [-0.1, -0.05) is 0 Å². The maximum atomic E-state index is 11.3.